The maximum atomic E-state index is 6.11. The van der Waals surface area contributed by atoms with E-state index in [-0.39, 0.29) is 11.6 Å². The third-order valence-corrected chi connectivity index (χ3v) is 2.41. The number of nitrogen functional groups attached to an aromatic ring is 1. The van der Waals surface area contributed by atoms with Crippen molar-refractivity contribution in [1.82, 2.24) is 0 Å². The molecular weight excluding hydrogens is 228 g/mol. The Morgan fingerprint density at radius 3 is 2.56 bits per heavy atom. The van der Waals surface area contributed by atoms with Crippen LogP contribution in [0, 0.1) is 0 Å². The molecule has 0 spiro atoms. The van der Waals surface area contributed by atoms with Crippen LogP contribution in [0.5, 0.6) is 5.75 Å². The second kappa shape index (κ2) is 5.96. The first kappa shape index (κ1) is 14.6. The van der Waals surface area contributed by atoms with E-state index in [2.05, 4.69) is 19.2 Å². The molecule has 0 aromatic heterocycles. The first-order valence-electron chi connectivity index (χ1n) is 6.18. The van der Waals surface area contributed by atoms with E-state index in [0.717, 1.165) is 5.69 Å². The minimum atomic E-state index is -0.181. The fraction of sp³-hybridized carbons (Fsp3) is 0.571. The smallest absolute Gasteiger partial charge is 0.144 e. The van der Waals surface area contributed by atoms with Gasteiger partial charge >= 0.3 is 0 Å². The van der Waals surface area contributed by atoms with Gasteiger partial charge in [0.1, 0.15) is 5.75 Å². The summed E-state index contributed by atoms with van der Waals surface area (Å²) in [7, 11) is 1.69. The number of hydrogen-bond acceptors (Lipinski definition) is 4. The van der Waals surface area contributed by atoms with Crippen molar-refractivity contribution in [3.05, 3.63) is 18.2 Å². The van der Waals surface area contributed by atoms with Crippen LogP contribution in [-0.4, -0.2) is 25.4 Å². The third-order valence-electron chi connectivity index (χ3n) is 2.41. The van der Waals surface area contributed by atoms with E-state index in [0.29, 0.717) is 18.0 Å². The molecule has 0 saturated carbocycles. The monoisotopic (exact) mass is 252 g/mol. The van der Waals surface area contributed by atoms with Crippen molar-refractivity contribution in [2.45, 2.75) is 39.3 Å². The van der Waals surface area contributed by atoms with Gasteiger partial charge in [0.2, 0.25) is 0 Å². The molecule has 4 heteroatoms. The van der Waals surface area contributed by atoms with Crippen LogP contribution in [0.25, 0.3) is 0 Å². The van der Waals surface area contributed by atoms with Crippen LogP contribution >= 0.6 is 0 Å². The Bertz CT molecular complexity index is 389. The summed E-state index contributed by atoms with van der Waals surface area (Å²) in [6, 6.07) is 5.75. The number of nitrogens with two attached hydrogens (primary N) is 1. The maximum Gasteiger partial charge on any atom is 0.144 e. The van der Waals surface area contributed by atoms with Gasteiger partial charge in [-0.25, -0.2) is 0 Å². The number of ether oxygens (including phenoxy) is 2. The summed E-state index contributed by atoms with van der Waals surface area (Å²) >= 11 is 0. The fourth-order valence-corrected chi connectivity index (χ4v) is 1.77. The van der Waals surface area contributed by atoms with Gasteiger partial charge < -0.3 is 20.5 Å². The van der Waals surface area contributed by atoms with Gasteiger partial charge in [0, 0.05) is 7.11 Å². The number of rotatable bonds is 6. The number of benzene rings is 1. The number of hydrogen-bond donors (Lipinski definition) is 2. The second-order valence-corrected chi connectivity index (χ2v) is 5.33. The Hall–Kier alpha value is -1.42. The third kappa shape index (κ3) is 4.11. The van der Waals surface area contributed by atoms with Crippen molar-refractivity contribution in [3.63, 3.8) is 0 Å². The summed E-state index contributed by atoms with van der Waals surface area (Å²) in [4.78, 5) is 0. The van der Waals surface area contributed by atoms with Gasteiger partial charge in [0.15, 0.2) is 0 Å². The quantitative estimate of drug-likeness (QED) is 0.764. The number of nitrogens with one attached hydrogen (secondary N) is 1. The largest absolute Gasteiger partial charge is 0.489 e. The lowest BCUT2D eigenvalue weighted by Crippen LogP contribution is -2.36. The van der Waals surface area contributed by atoms with Crippen LogP contribution in [0.3, 0.4) is 0 Å². The normalized spacial score (nSPS) is 11.7. The second-order valence-electron chi connectivity index (χ2n) is 5.33. The van der Waals surface area contributed by atoms with Crippen molar-refractivity contribution >= 4 is 11.4 Å². The van der Waals surface area contributed by atoms with E-state index in [9.17, 15) is 0 Å². The first-order valence-corrected chi connectivity index (χ1v) is 6.18. The van der Waals surface area contributed by atoms with Crippen molar-refractivity contribution < 1.29 is 9.47 Å². The zero-order chi connectivity index (χ0) is 13.8. The van der Waals surface area contributed by atoms with Gasteiger partial charge in [0.05, 0.1) is 29.6 Å². The molecule has 0 radical (unpaired) electrons. The van der Waals surface area contributed by atoms with E-state index in [1.54, 1.807) is 7.11 Å². The number of methoxy groups -OCH3 is 1. The highest BCUT2D eigenvalue weighted by molar-refractivity contribution is 5.73. The van der Waals surface area contributed by atoms with Gasteiger partial charge in [-0.2, -0.15) is 0 Å². The van der Waals surface area contributed by atoms with Crippen molar-refractivity contribution in [3.8, 4) is 5.75 Å². The Morgan fingerprint density at radius 2 is 2.00 bits per heavy atom. The standard InChI is InChI=1S/C14H24N2O2/c1-10(2)18-12-8-6-7-11(13(12)15)16-14(3,4)9-17-5/h6-8,10,16H,9,15H2,1-5H3. The summed E-state index contributed by atoms with van der Waals surface area (Å²) in [6.07, 6.45) is 0.106. The van der Waals surface area contributed by atoms with Crippen molar-refractivity contribution in [1.29, 1.82) is 0 Å². The molecule has 18 heavy (non-hydrogen) atoms. The predicted molar refractivity (Wildman–Crippen MR) is 76.2 cm³/mol. The van der Waals surface area contributed by atoms with Crippen molar-refractivity contribution in [2.24, 2.45) is 0 Å². The zero-order valence-electron chi connectivity index (χ0n) is 11.9. The van der Waals surface area contributed by atoms with Crippen LogP contribution in [-0.2, 0) is 4.74 Å². The molecule has 0 heterocycles. The van der Waals surface area contributed by atoms with E-state index in [1.165, 1.54) is 0 Å². The summed E-state index contributed by atoms with van der Waals surface area (Å²) in [5.74, 6) is 0.711. The van der Waals surface area contributed by atoms with Crippen LogP contribution in [0.2, 0.25) is 0 Å². The fourth-order valence-electron chi connectivity index (χ4n) is 1.77. The van der Waals surface area contributed by atoms with Gasteiger partial charge in [-0.05, 0) is 39.8 Å². The molecule has 1 aromatic rings. The molecule has 0 aliphatic heterocycles. The molecule has 0 bridgehead atoms. The highest BCUT2D eigenvalue weighted by Gasteiger charge is 2.19. The topological polar surface area (TPSA) is 56.5 Å². The minimum Gasteiger partial charge on any atom is -0.489 e. The summed E-state index contributed by atoms with van der Waals surface area (Å²) < 4.78 is 10.8. The Morgan fingerprint density at radius 1 is 1.33 bits per heavy atom. The average molecular weight is 252 g/mol. The van der Waals surface area contributed by atoms with Crippen molar-refractivity contribution in [2.75, 3.05) is 24.8 Å². The molecule has 0 saturated heterocycles. The Labute approximate surface area is 109 Å². The Balaban J connectivity index is 2.90. The summed E-state index contributed by atoms with van der Waals surface area (Å²) in [5.41, 5.74) is 7.43. The van der Waals surface area contributed by atoms with Gasteiger partial charge in [-0.3, -0.25) is 0 Å². The molecular formula is C14H24N2O2. The van der Waals surface area contributed by atoms with Gasteiger partial charge in [-0.1, -0.05) is 6.07 Å². The van der Waals surface area contributed by atoms with Gasteiger partial charge in [0.25, 0.3) is 0 Å². The first-order chi connectivity index (χ1) is 8.35. The van der Waals surface area contributed by atoms with E-state index < -0.39 is 0 Å². The molecule has 0 fully saturated rings. The summed E-state index contributed by atoms with van der Waals surface area (Å²) in [5, 5.41) is 3.37. The molecule has 0 aliphatic carbocycles. The molecule has 3 N–H and O–H groups in total. The lowest BCUT2D eigenvalue weighted by atomic mass is 10.1. The molecule has 1 aromatic carbocycles. The molecule has 4 nitrogen and oxygen atoms in total. The summed E-state index contributed by atoms with van der Waals surface area (Å²) in [6.45, 7) is 8.68. The Kier molecular flexibility index (Phi) is 4.84. The van der Waals surface area contributed by atoms with Gasteiger partial charge in [-0.15, -0.1) is 0 Å². The molecule has 102 valence electrons. The van der Waals surface area contributed by atoms with Crippen LogP contribution < -0.4 is 15.8 Å². The molecule has 0 amide bonds. The molecule has 1 rings (SSSR count). The van der Waals surface area contributed by atoms with Crippen LogP contribution in [0.4, 0.5) is 11.4 Å². The van der Waals surface area contributed by atoms with E-state index >= 15 is 0 Å². The highest BCUT2D eigenvalue weighted by atomic mass is 16.5. The number of para-hydroxylation sites is 1. The SMILES string of the molecule is COCC(C)(C)Nc1cccc(OC(C)C)c1N. The predicted octanol–water partition coefficient (Wildman–Crippen LogP) is 2.89. The van der Waals surface area contributed by atoms with E-state index in [4.69, 9.17) is 15.2 Å². The lowest BCUT2D eigenvalue weighted by molar-refractivity contribution is 0.158. The average Bonchev–Trinajstić information content (AvgIpc) is 2.23. The minimum absolute atomic E-state index is 0.106. The maximum absolute atomic E-state index is 6.11. The van der Waals surface area contributed by atoms with Crippen LogP contribution in [0.15, 0.2) is 18.2 Å². The van der Waals surface area contributed by atoms with E-state index in [1.807, 2.05) is 32.0 Å². The molecule has 0 unspecified atom stereocenters. The zero-order valence-corrected chi connectivity index (χ0v) is 11.9. The van der Waals surface area contributed by atoms with Crippen LogP contribution in [0.1, 0.15) is 27.7 Å². The number of anilines is 2. The molecule has 0 atom stereocenters. The molecule has 0 aliphatic rings. The lowest BCUT2D eigenvalue weighted by Gasteiger charge is -2.28. The highest BCUT2D eigenvalue weighted by Crippen LogP contribution is 2.31.